The van der Waals surface area contributed by atoms with Crippen LogP contribution in [0.3, 0.4) is 0 Å². The Morgan fingerprint density at radius 2 is 1.96 bits per heavy atom. The van der Waals surface area contributed by atoms with E-state index in [1.165, 1.54) is 0 Å². The minimum Gasteiger partial charge on any atom is -0.493 e. The van der Waals surface area contributed by atoms with E-state index in [1.807, 2.05) is 36.1 Å². The van der Waals surface area contributed by atoms with E-state index in [4.69, 9.17) is 9.47 Å². The molecule has 0 aromatic heterocycles. The van der Waals surface area contributed by atoms with Crippen molar-refractivity contribution in [3.05, 3.63) is 53.6 Å². The van der Waals surface area contributed by atoms with Crippen LogP contribution in [0.5, 0.6) is 11.5 Å². The van der Waals surface area contributed by atoms with E-state index in [9.17, 15) is 9.59 Å². The van der Waals surface area contributed by atoms with Crippen LogP contribution < -0.4 is 25.0 Å². The molecule has 2 aromatic rings. The number of carbonyl (C=O) groups is 2. The van der Waals surface area contributed by atoms with Gasteiger partial charge in [0.2, 0.25) is 5.91 Å². The van der Waals surface area contributed by atoms with Gasteiger partial charge >= 0.3 is 0 Å². The molecule has 0 spiro atoms. The normalized spacial score (nSPS) is 13.6. The van der Waals surface area contributed by atoms with Crippen molar-refractivity contribution in [3.63, 3.8) is 0 Å². The van der Waals surface area contributed by atoms with Crippen LogP contribution in [0.15, 0.2) is 42.5 Å². The quantitative estimate of drug-likeness (QED) is 0.764. The van der Waals surface area contributed by atoms with Gasteiger partial charge in [0.1, 0.15) is 0 Å². The molecular formula is C21H25N3O4. The third-order valence-electron chi connectivity index (χ3n) is 4.52. The summed E-state index contributed by atoms with van der Waals surface area (Å²) in [7, 11) is 1.57. The highest BCUT2D eigenvalue weighted by molar-refractivity contribution is 5.94. The largest absolute Gasteiger partial charge is 0.493 e. The van der Waals surface area contributed by atoms with Crippen LogP contribution in [0, 0.1) is 0 Å². The lowest BCUT2D eigenvalue weighted by atomic mass is 10.1. The number of carbonyl (C=O) groups excluding carboxylic acids is 2. The summed E-state index contributed by atoms with van der Waals surface area (Å²) in [4.78, 5) is 26.0. The molecule has 0 radical (unpaired) electrons. The summed E-state index contributed by atoms with van der Waals surface area (Å²) in [5.74, 6) is 1.00. The Kier molecular flexibility index (Phi) is 6.37. The molecule has 3 rings (SSSR count). The molecule has 0 saturated carbocycles. The Morgan fingerprint density at radius 3 is 2.64 bits per heavy atom. The molecule has 1 heterocycles. The van der Waals surface area contributed by atoms with Crippen LogP contribution in [0.4, 0.5) is 5.69 Å². The van der Waals surface area contributed by atoms with Crippen LogP contribution in [0.2, 0.25) is 0 Å². The monoisotopic (exact) mass is 383 g/mol. The molecule has 148 valence electrons. The molecule has 2 aromatic carbocycles. The number of hydrogen-bond donors (Lipinski definition) is 2. The lowest BCUT2D eigenvalue weighted by Crippen LogP contribution is -2.47. The number of methoxy groups -OCH3 is 1. The standard InChI is InChI=1S/C21H25N3O4/c1-3-28-19-12-16(6-9-18(19)27-2)21(26)23-13-15-4-7-17(8-5-15)24-11-10-22-20(25)14-24/h4-9,12H,3,10-11,13-14H2,1-2H3,(H,22,25)(H,23,26). The van der Waals surface area contributed by atoms with Gasteiger partial charge in [-0.1, -0.05) is 12.1 Å². The molecule has 1 aliphatic rings. The van der Waals surface area contributed by atoms with Crippen molar-refractivity contribution in [1.29, 1.82) is 0 Å². The van der Waals surface area contributed by atoms with Gasteiger partial charge in [-0.25, -0.2) is 0 Å². The number of ether oxygens (including phenoxy) is 2. The highest BCUT2D eigenvalue weighted by Gasteiger charge is 2.16. The van der Waals surface area contributed by atoms with Crippen molar-refractivity contribution in [3.8, 4) is 11.5 Å². The van der Waals surface area contributed by atoms with E-state index in [1.54, 1.807) is 25.3 Å². The summed E-state index contributed by atoms with van der Waals surface area (Å²) in [6, 6.07) is 13.0. The van der Waals surface area contributed by atoms with Crippen molar-refractivity contribution in [2.75, 3.05) is 38.3 Å². The predicted octanol–water partition coefficient (Wildman–Crippen LogP) is 1.96. The zero-order chi connectivity index (χ0) is 19.9. The first-order chi connectivity index (χ1) is 13.6. The fourth-order valence-electron chi connectivity index (χ4n) is 3.05. The Hall–Kier alpha value is -3.22. The summed E-state index contributed by atoms with van der Waals surface area (Å²) in [5.41, 5.74) is 2.50. The van der Waals surface area contributed by atoms with E-state index in [2.05, 4.69) is 10.6 Å². The average Bonchev–Trinajstić information content (AvgIpc) is 2.72. The zero-order valence-electron chi connectivity index (χ0n) is 16.2. The number of nitrogens with zero attached hydrogens (tertiary/aromatic N) is 1. The second kappa shape index (κ2) is 9.12. The van der Waals surface area contributed by atoms with Crippen molar-refractivity contribution in [2.24, 2.45) is 0 Å². The first-order valence-corrected chi connectivity index (χ1v) is 9.30. The molecule has 0 aliphatic carbocycles. The van der Waals surface area contributed by atoms with Crippen molar-refractivity contribution in [2.45, 2.75) is 13.5 Å². The van der Waals surface area contributed by atoms with Gasteiger partial charge in [-0.2, -0.15) is 0 Å². The number of hydrogen-bond acceptors (Lipinski definition) is 5. The predicted molar refractivity (Wildman–Crippen MR) is 107 cm³/mol. The van der Waals surface area contributed by atoms with Gasteiger partial charge < -0.3 is 25.0 Å². The molecule has 1 fully saturated rings. The van der Waals surface area contributed by atoms with E-state index in [-0.39, 0.29) is 11.8 Å². The summed E-state index contributed by atoms with van der Waals surface area (Å²) in [6.07, 6.45) is 0. The molecular weight excluding hydrogens is 358 g/mol. The number of amides is 2. The number of nitrogens with one attached hydrogen (secondary N) is 2. The average molecular weight is 383 g/mol. The van der Waals surface area contributed by atoms with Crippen LogP contribution in [-0.2, 0) is 11.3 Å². The summed E-state index contributed by atoms with van der Waals surface area (Å²) in [5, 5.41) is 5.73. The Labute approximate surface area is 164 Å². The Bertz CT molecular complexity index is 836. The van der Waals surface area contributed by atoms with Crippen molar-refractivity contribution in [1.82, 2.24) is 10.6 Å². The van der Waals surface area contributed by atoms with E-state index in [0.717, 1.165) is 17.8 Å². The highest BCUT2D eigenvalue weighted by Crippen LogP contribution is 2.28. The maximum absolute atomic E-state index is 12.5. The fraction of sp³-hybridized carbons (Fsp3) is 0.333. The molecule has 0 unspecified atom stereocenters. The maximum atomic E-state index is 12.5. The highest BCUT2D eigenvalue weighted by atomic mass is 16.5. The van der Waals surface area contributed by atoms with Crippen LogP contribution >= 0.6 is 0 Å². The molecule has 1 aliphatic heterocycles. The number of rotatable bonds is 7. The number of anilines is 1. The van der Waals surface area contributed by atoms with Crippen molar-refractivity contribution < 1.29 is 19.1 Å². The molecule has 28 heavy (non-hydrogen) atoms. The van der Waals surface area contributed by atoms with E-state index < -0.39 is 0 Å². The minimum atomic E-state index is -0.180. The SMILES string of the molecule is CCOc1cc(C(=O)NCc2ccc(N3CCNC(=O)C3)cc2)ccc1OC. The lowest BCUT2D eigenvalue weighted by molar-refractivity contribution is -0.120. The van der Waals surface area contributed by atoms with Crippen LogP contribution in [-0.4, -0.2) is 45.2 Å². The lowest BCUT2D eigenvalue weighted by Gasteiger charge is -2.28. The molecule has 2 N–H and O–H groups in total. The summed E-state index contributed by atoms with van der Waals surface area (Å²) >= 11 is 0. The molecule has 2 amide bonds. The Balaban J connectivity index is 1.60. The second-order valence-electron chi connectivity index (χ2n) is 6.42. The summed E-state index contributed by atoms with van der Waals surface area (Å²) in [6.45, 7) is 4.60. The zero-order valence-corrected chi connectivity index (χ0v) is 16.2. The third kappa shape index (κ3) is 4.73. The van der Waals surface area contributed by atoms with Gasteiger partial charge in [0.15, 0.2) is 11.5 Å². The fourth-order valence-corrected chi connectivity index (χ4v) is 3.05. The minimum absolute atomic E-state index is 0.0357. The van der Waals surface area contributed by atoms with Gasteiger partial charge in [0.25, 0.3) is 5.91 Å². The first kappa shape index (κ1) is 19.5. The van der Waals surface area contributed by atoms with Gasteiger partial charge in [-0.05, 0) is 42.8 Å². The van der Waals surface area contributed by atoms with Crippen molar-refractivity contribution >= 4 is 17.5 Å². The summed E-state index contributed by atoms with van der Waals surface area (Å²) < 4.78 is 10.8. The third-order valence-corrected chi connectivity index (χ3v) is 4.52. The number of piperazine rings is 1. The van der Waals surface area contributed by atoms with Crippen LogP contribution in [0.25, 0.3) is 0 Å². The molecule has 7 nitrogen and oxygen atoms in total. The topological polar surface area (TPSA) is 79.9 Å². The molecule has 1 saturated heterocycles. The van der Waals surface area contributed by atoms with Gasteiger partial charge in [0, 0.05) is 30.9 Å². The maximum Gasteiger partial charge on any atom is 0.251 e. The molecule has 0 bridgehead atoms. The molecule has 7 heteroatoms. The van der Waals surface area contributed by atoms with E-state index in [0.29, 0.717) is 43.3 Å². The van der Waals surface area contributed by atoms with Gasteiger partial charge in [-0.3, -0.25) is 9.59 Å². The second-order valence-corrected chi connectivity index (χ2v) is 6.42. The Morgan fingerprint density at radius 1 is 1.18 bits per heavy atom. The molecule has 0 atom stereocenters. The van der Waals surface area contributed by atoms with Crippen LogP contribution in [0.1, 0.15) is 22.8 Å². The number of benzene rings is 2. The first-order valence-electron chi connectivity index (χ1n) is 9.30. The van der Waals surface area contributed by atoms with Gasteiger partial charge in [-0.15, -0.1) is 0 Å². The van der Waals surface area contributed by atoms with Gasteiger partial charge in [0.05, 0.1) is 20.3 Å². The smallest absolute Gasteiger partial charge is 0.251 e. The van der Waals surface area contributed by atoms with E-state index >= 15 is 0 Å².